The molecule has 0 radical (unpaired) electrons. The zero-order valence-corrected chi connectivity index (χ0v) is 10.7. The van der Waals surface area contributed by atoms with Crippen molar-refractivity contribution in [3.05, 3.63) is 12.4 Å². The second kappa shape index (κ2) is 6.74. The van der Waals surface area contributed by atoms with E-state index in [0.717, 1.165) is 13.0 Å². The molecule has 0 N–H and O–H groups in total. The van der Waals surface area contributed by atoms with Crippen LogP contribution in [-0.2, 0) is 9.53 Å². The Bertz CT molecular complexity index is 252. The molecule has 1 rings (SSSR count). The molecule has 0 saturated carbocycles. The highest BCUT2D eigenvalue weighted by Gasteiger charge is 2.19. The lowest BCUT2D eigenvalue weighted by Gasteiger charge is -2.20. The van der Waals surface area contributed by atoms with Crippen molar-refractivity contribution in [3.8, 4) is 0 Å². The summed E-state index contributed by atoms with van der Waals surface area (Å²) in [6.45, 7) is 3.17. The van der Waals surface area contributed by atoms with Gasteiger partial charge in [-0.05, 0) is 6.92 Å². The van der Waals surface area contributed by atoms with Gasteiger partial charge in [0.15, 0.2) is 6.34 Å². The Hall–Kier alpha value is -0.680. The number of carbonyl (C=O) groups is 1. The summed E-state index contributed by atoms with van der Waals surface area (Å²) in [7, 11) is 2.05. The predicted molar refractivity (Wildman–Crippen MR) is 54.6 cm³/mol. The van der Waals surface area contributed by atoms with Gasteiger partial charge in [0.2, 0.25) is 0 Å². The van der Waals surface area contributed by atoms with E-state index in [2.05, 4.69) is 12.0 Å². The molecule has 0 amide bonds. The molecule has 0 fully saturated rings. The van der Waals surface area contributed by atoms with Crippen LogP contribution in [0.25, 0.3) is 0 Å². The van der Waals surface area contributed by atoms with Crippen molar-refractivity contribution in [3.63, 3.8) is 0 Å². The highest BCUT2D eigenvalue weighted by atomic mass is 79.9. The van der Waals surface area contributed by atoms with E-state index >= 15 is 0 Å². The lowest BCUT2D eigenvalue weighted by Crippen LogP contribution is -3.00. The third-order valence-electron chi connectivity index (χ3n) is 2.15. The number of rotatable bonds is 5. The van der Waals surface area contributed by atoms with E-state index in [1.165, 1.54) is 0 Å². The van der Waals surface area contributed by atoms with Crippen molar-refractivity contribution >= 4 is 12.3 Å². The summed E-state index contributed by atoms with van der Waals surface area (Å²) in [6, 6.07) is 0. The van der Waals surface area contributed by atoms with E-state index in [4.69, 9.17) is 4.74 Å². The number of halogens is 1. The molecule has 1 aliphatic heterocycles. The van der Waals surface area contributed by atoms with Crippen molar-refractivity contribution in [2.45, 2.75) is 19.8 Å². The normalized spacial score (nSPS) is 22.5. The van der Waals surface area contributed by atoms with Crippen LogP contribution in [0.2, 0.25) is 0 Å². The maximum absolute atomic E-state index is 11.0. The minimum Gasteiger partial charge on any atom is -1.00 e. The van der Waals surface area contributed by atoms with Crippen LogP contribution in [0.4, 0.5) is 0 Å². The molecule has 0 saturated heterocycles. The van der Waals surface area contributed by atoms with Gasteiger partial charge in [0.1, 0.15) is 6.20 Å². The molecule has 15 heavy (non-hydrogen) atoms. The van der Waals surface area contributed by atoms with Crippen LogP contribution in [0.15, 0.2) is 17.4 Å². The highest BCUT2D eigenvalue weighted by molar-refractivity contribution is 5.69. The zero-order chi connectivity index (χ0) is 10.4. The topological polar surface area (TPSA) is 38.7 Å². The Labute approximate surface area is 101 Å². The van der Waals surface area contributed by atoms with E-state index < -0.39 is 0 Å². The van der Waals surface area contributed by atoms with Gasteiger partial charge in [0.25, 0.3) is 0 Å². The average molecular weight is 277 g/mol. The molecule has 1 aliphatic rings. The highest BCUT2D eigenvalue weighted by Crippen LogP contribution is 2.09. The van der Waals surface area contributed by atoms with Gasteiger partial charge < -0.3 is 21.7 Å². The third-order valence-corrected chi connectivity index (χ3v) is 2.15. The van der Waals surface area contributed by atoms with Crippen molar-refractivity contribution in [1.29, 1.82) is 0 Å². The maximum atomic E-state index is 11.0. The van der Waals surface area contributed by atoms with Crippen LogP contribution in [0.1, 0.15) is 19.8 Å². The number of ether oxygens (including phenoxy) is 1. The van der Waals surface area contributed by atoms with Gasteiger partial charge in [-0.1, -0.05) is 0 Å². The van der Waals surface area contributed by atoms with E-state index in [-0.39, 0.29) is 23.0 Å². The summed E-state index contributed by atoms with van der Waals surface area (Å²) >= 11 is 0. The fourth-order valence-electron chi connectivity index (χ4n) is 1.35. The lowest BCUT2D eigenvalue weighted by molar-refractivity contribution is -0.756. The SMILES string of the molecule is CCOC(=O)CCC[N+]1(C)C=CN=C1.[Br-]. The second-order valence-electron chi connectivity index (χ2n) is 3.54. The Morgan fingerprint density at radius 2 is 2.27 bits per heavy atom. The summed E-state index contributed by atoms with van der Waals surface area (Å²) in [5.74, 6) is -0.112. The minimum absolute atomic E-state index is 0. The van der Waals surface area contributed by atoms with Crippen LogP contribution >= 0.6 is 0 Å². The summed E-state index contributed by atoms with van der Waals surface area (Å²) in [4.78, 5) is 15.1. The quantitative estimate of drug-likeness (QED) is 0.443. The van der Waals surface area contributed by atoms with E-state index in [9.17, 15) is 4.79 Å². The minimum atomic E-state index is -0.112. The first-order chi connectivity index (χ1) is 6.66. The molecule has 1 atom stereocenters. The molecule has 86 valence electrons. The van der Waals surface area contributed by atoms with Crippen molar-refractivity contribution < 1.29 is 31.0 Å². The largest absolute Gasteiger partial charge is 1.00 e. The molecule has 0 spiro atoms. The summed E-state index contributed by atoms with van der Waals surface area (Å²) < 4.78 is 5.52. The number of nitrogens with zero attached hydrogens (tertiary/aromatic N) is 2. The lowest BCUT2D eigenvalue weighted by atomic mass is 10.3. The third kappa shape index (κ3) is 5.09. The molecule has 1 unspecified atom stereocenters. The molecule has 5 heteroatoms. The van der Waals surface area contributed by atoms with Gasteiger partial charge in [0, 0.05) is 6.42 Å². The Morgan fingerprint density at radius 3 is 2.80 bits per heavy atom. The molecule has 0 aliphatic carbocycles. The van der Waals surface area contributed by atoms with E-state index in [1.54, 1.807) is 6.20 Å². The number of hydrogen-bond donors (Lipinski definition) is 0. The molecule has 4 nitrogen and oxygen atoms in total. The molecular formula is C10H17BrN2O2. The van der Waals surface area contributed by atoms with Gasteiger partial charge in [-0.2, -0.15) is 0 Å². The van der Waals surface area contributed by atoms with Gasteiger partial charge >= 0.3 is 5.97 Å². The first-order valence-electron chi connectivity index (χ1n) is 4.89. The first-order valence-corrected chi connectivity index (χ1v) is 4.89. The molecule has 0 aromatic rings. The van der Waals surface area contributed by atoms with Crippen LogP contribution < -0.4 is 17.0 Å². The molecular weight excluding hydrogens is 260 g/mol. The summed E-state index contributed by atoms with van der Waals surface area (Å²) in [6.07, 6.45) is 6.97. The van der Waals surface area contributed by atoms with E-state index in [0.29, 0.717) is 17.5 Å². The fourth-order valence-corrected chi connectivity index (χ4v) is 1.35. The van der Waals surface area contributed by atoms with Crippen molar-refractivity contribution in [2.24, 2.45) is 4.99 Å². The fraction of sp³-hybridized carbons (Fsp3) is 0.600. The molecule has 0 aromatic carbocycles. The van der Waals surface area contributed by atoms with Crippen molar-refractivity contribution in [2.75, 3.05) is 20.2 Å². The number of aliphatic imine (C=N–C) groups is 1. The number of carbonyl (C=O) groups excluding carboxylic acids is 1. The van der Waals surface area contributed by atoms with Crippen LogP contribution in [0, 0.1) is 0 Å². The van der Waals surface area contributed by atoms with Gasteiger partial charge in [0.05, 0.1) is 32.8 Å². The average Bonchev–Trinajstić information content (AvgIpc) is 2.53. The smallest absolute Gasteiger partial charge is 0.305 e. The number of hydrogen-bond acceptors (Lipinski definition) is 3. The second-order valence-corrected chi connectivity index (χ2v) is 3.54. The Balaban J connectivity index is 0.00000196. The zero-order valence-electron chi connectivity index (χ0n) is 9.15. The van der Waals surface area contributed by atoms with Crippen LogP contribution in [-0.4, -0.2) is 37.0 Å². The van der Waals surface area contributed by atoms with Gasteiger partial charge in [-0.15, -0.1) is 0 Å². The molecule has 1 heterocycles. The first kappa shape index (κ1) is 14.3. The number of esters is 1. The van der Waals surface area contributed by atoms with E-state index in [1.807, 2.05) is 19.5 Å². The monoisotopic (exact) mass is 276 g/mol. The maximum Gasteiger partial charge on any atom is 0.305 e. The van der Waals surface area contributed by atoms with Gasteiger partial charge in [-0.25, -0.2) is 4.99 Å². The van der Waals surface area contributed by atoms with Gasteiger partial charge in [-0.3, -0.25) is 9.28 Å². The molecule has 0 aromatic heterocycles. The summed E-state index contributed by atoms with van der Waals surface area (Å²) in [5.41, 5.74) is 0. The summed E-state index contributed by atoms with van der Waals surface area (Å²) in [5, 5.41) is 0. The standard InChI is InChI=1S/C10H17N2O2.BrH/c1-3-14-10(13)5-4-7-12(2)8-6-11-9-12;/h6,8-9H,3-5,7H2,1-2H3;1H/q+1;/p-1. The number of quaternary nitrogens is 1. The predicted octanol–water partition coefficient (Wildman–Crippen LogP) is -1.71. The Morgan fingerprint density at radius 1 is 1.53 bits per heavy atom. The van der Waals surface area contributed by atoms with Crippen LogP contribution in [0.3, 0.4) is 0 Å². The van der Waals surface area contributed by atoms with Crippen LogP contribution in [0.5, 0.6) is 0 Å². The Kier molecular flexibility index (Phi) is 6.43. The van der Waals surface area contributed by atoms with Crippen molar-refractivity contribution in [1.82, 2.24) is 0 Å². The molecule has 0 bridgehead atoms.